The highest BCUT2D eigenvalue weighted by Crippen LogP contribution is 2.37. The molecule has 2 atom stereocenters. The second-order valence-electron chi connectivity index (χ2n) is 9.75. The molecule has 0 radical (unpaired) electrons. The number of esters is 1. The molecule has 1 aromatic carbocycles. The quantitative estimate of drug-likeness (QED) is 0.356. The molecule has 0 saturated carbocycles. The number of likely N-dealkylation sites (tertiary alicyclic amines) is 1. The van der Waals surface area contributed by atoms with Gasteiger partial charge in [0.2, 0.25) is 5.78 Å². The second-order valence-corrected chi connectivity index (χ2v) is 10.7. The van der Waals surface area contributed by atoms with Crippen molar-refractivity contribution >= 4 is 23.1 Å². The average molecular weight is 454 g/mol. The maximum atomic E-state index is 13.5. The van der Waals surface area contributed by atoms with Crippen molar-refractivity contribution in [2.75, 3.05) is 39.3 Å². The number of piperidine rings is 4. The third-order valence-electron chi connectivity index (χ3n) is 7.68. The lowest BCUT2D eigenvalue weighted by Crippen LogP contribution is -2.66. The lowest BCUT2D eigenvalue weighted by Gasteiger charge is -2.51. The van der Waals surface area contributed by atoms with Crippen molar-refractivity contribution in [2.45, 2.75) is 44.2 Å². The first-order valence-corrected chi connectivity index (χ1v) is 12.9. The summed E-state index contributed by atoms with van der Waals surface area (Å²) in [6.07, 6.45) is 5.51. The minimum absolute atomic E-state index is 0.0826. The van der Waals surface area contributed by atoms with Crippen LogP contribution < -0.4 is 0 Å². The van der Waals surface area contributed by atoms with Crippen LogP contribution in [-0.4, -0.2) is 66.5 Å². The van der Waals surface area contributed by atoms with Crippen LogP contribution in [0.3, 0.4) is 0 Å². The van der Waals surface area contributed by atoms with E-state index in [0.29, 0.717) is 12.5 Å². The van der Waals surface area contributed by atoms with Crippen LogP contribution in [0, 0.1) is 5.92 Å². The van der Waals surface area contributed by atoms with E-state index in [4.69, 9.17) is 4.74 Å². The van der Waals surface area contributed by atoms with Crippen LogP contribution in [0.4, 0.5) is 0 Å². The molecule has 1 unspecified atom stereocenters. The van der Waals surface area contributed by atoms with Gasteiger partial charge in [-0.05, 0) is 37.4 Å². The fourth-order valence-electron chi connectivity index (χ4n) is 5.88. The van der Waals surface area contributed by atoms with Crippen molar-refractivity contribution in [3.63, 3.8) is 0 Å². The molecule has 2 aromatic rings. The summed E-state index contributed by atoms with van der Waals surface area (Å²) in [5.74, 6) is 0.526. The summed E-state index contributed by atoms with van der Waals surface area (Å²) < 4.78 is 7.04. The monoisotopic (exact) mass is 453 g/mol. The van der Waals surface area contributed by atoms with Crippen LogP contribution in [0.5, 0.6) is 0 Å². The minimum atomic E-state index is -0.287. The molecule has 1 aromatic heterocycles. The third kappa shape index (κ3) is 4.54. The van der Waals surface area contributed by atoms with Crippen LogP contribution in [0.25, 0.3) is 0 Å². The lowest BCUT2D eigenvalue weighted by molar-refractivity contribution is -0.938. The predicted molar refractivity (Wildman–Crippen MR) is 126 cm³/mol. The summed E-state index contributed by atoms with van der Waals surface area (Å²) in [5.41, 5.74) is 0.782. The normalized spacial score (nSPS) is 28.9. The summed E-state index contributed by atoms with van der Waals surface area (Å²) >= 11 is 1.64. The van der Waals surface area contributed by atoms with Crippen LogP contribution in [0.2, 0.25) is 0 Å². The summed E-state index contributed by atoms with van der Waals surface area (Å²) in [6.45, 7) is 5.21. The Morgan fingerprint density at radius 1 is 1.03 bits per heavy atom. The molecule has 0 aliphatic carbocycles. The fourth-order valence-corrected chi connectivity index (χ4v) is 6.72. The van der Waals surface area contributed by atoms with Crippen molar-refractivity contribution in [3.8, 4) is 0 Å². The molecule has 4 fully saturated rings. The number of nitrogens with zero attached hydrogens (tertiary/aromatic N) is 2. The SMILES string of the molecule is O=C(C[N+]12CCC(CC1)[C@@H](OC(=O)C(c1cccs1)N1CCCCC1)C2)c1ccccc1. The third-order valence-corrected chi connectivity index (χ3v) is 8.60. The van der Waals surface area contributed by atoms with E-state index < -0.39 is 0 Å². The van der Waals surface area contributed by atoms with Gasteiger partial charge in [0.1, 0.15) is 19.1 Å². The van der Waals surface area contributed by atoms with Gasteiger partial charge in [0, 0.05) is 29.2 Å². The number of carbonyl (C=O) groups is 2. The van der Waals surface area contributed by atoms with Crippen LogP contribution >= 0.6 is 11.3 Å². The Morgan fingerprint density at radius 3 is 2.47 bits per heavy atom. The minimum Gasteiger partial charge on any atom is -0.455 e. The standard InChI is InChI=1S/C26H33N2O3S/c29-22(20-8-3-1-4-9-20)18-28-15-11-21(12-16-28)23(19-28)31-26(30)25(24-10-7-17-32-24)27-13-5-2-6-14-27/h1,3-4,7-10,17,21,23,25H,2,5-6,11-16,18-19H2/q+1/t21?,23-,25?,28?/m0/s1. The first kappa shape index (κ1) is 21.8. The van der Waals surface area contributed by atoms with Gasteiger partial charge < -0.3 is 9.22 Å². The number of quaternary nitrogens is 1. The molecule has 5 nitrogen and oxygen atoms in total. The Kier molecular flexibility index (Phi) is 6.44. The van der Waals surface area contributed by atoms with Crippen molar-refractivity contribution < 1.29 is 18.8 Å². The summed E-state index contributed by atoms with van der Waals surface area (Å²) in [4.78, 5) is 29.9. The number of carbonyl (C=O) groups excluding carboxylic acids is 2. The number of ketones is 1. The molecule has 6 heteroatoms. The summed E-state index contributed by atoms with van der Waals surface area (Å²) in [7, 11) is 0. The molecule has 0 N–H and O–H groups in total. The number of Topliss-reactive ketones (excluding diaryl/α,β-unsaturated/α-hetero) is 1. The topological polar surface area (TPSA) is 46.6 Å². The van der Waals surface area contributed by atoms with E-state index in [0.717, 1.165) is 73.3 Å². The highest BCUT2D eigenvalue weighted by atomic mass is 32.1. The van der Waals surface area contributed by atoms with E-state index in [2.05, 4.69) is 11.0 Å². The number of thiophene rings is 1. The Labute approximate surface area is 194 Å². The van der Waals surface area contributed by atoms with Gasteiger partial charge in [0.25, 0.3) is 0 Å². The number of hydrogen-bond acceptors (Lipinski definition) is 5. The number of hydrogen-bond donors (Lipinski definition) is 0. The Balaban J connectivity index is 1.29. The van der Waals surface area contributed by atoms with Gasteiger partial charge in [0.05, 0.1) is 13.1 Å². The predicted octanol–water partition coefficient (Wildman–Crippen LogP) is 4.31. The molecule has 170 valence electrons. The summed E-state index contributed by atoms with van der Waals surface area (Å²) in [5, 5.41) is 2.04. The first-order valence-electron chi connectivity index (χ1n) is 12.0. The molecular weight excluding hydrogens is 420 g/mol. The van der Waals surface area contributed by atoms with Gasteiger partial charge in [-0.1, -0.05) is 42.8 Å². The zero-order chi connectivity index (χ0) is 22.0. The first-order chi connectivity index (χ1) is 15.6. The van der Waals surface area contributed by atoms with Gasteiger partial charge in [-0.15, -0.1) is 11.3 Å². The highest BCUT2D eigenvalue weighted by molar-refractivity contribution is 7.10. The number of ether oxygens (including phenoxy) is 1. The van der Waals surface area contributed by atoms with Crippen molar-refractivity contribution in [1.29, 1.82) is 0 Å². The van der Waals surface area contributed by atoms with E-state index in [1.165, 1.54) is 6.42 Å². The van der Waals surface area contributed by atoms with Crippen LogP contribution in [-0.2, 0) is 9.53 Å². The molecule has 0 spiro atoms. The Hall–Kier alpha value is -2.02. The van der Waals surface area contributed by atoms with Crippen molar-refractivity contribution in [2.24, 2.45) is 5.92 Å². The van der Waals surface area contributed by atoms with Crippen molar-refractivity contribution in [1.82, 2.24) is 4.90 Å². The molecular formula is C26H33N2O3S+. The van der Waals surface area contributed by atoms with E-state index in [-0.39, 0.29) is 23.9 Å². The number of benzene rings is 1. The zero-order valence-corrected chi connectivity index (χ0v) is 19.5. The van der Waals surface area contributed by atoms with Crippen LogP contribution in [0.1, 0.15) is 53.4 Å². The Bertz CT molecular complexity index is 916. The zero-order valence-electron chi connectivity index (χ0n) is 18.7. The highest BCUT2D eigenvalue weighted by Gasteiger charge is 2.49. The smallest absolute Gasteiger partial charge is 0.329 e. The lowest BCUT2D eigenvalue weighted by atomic mass is 9.82. The number of rotatable bonds is 7. The van der Waals surface area contributed by atoms with E-state index in [1.807, 2.05) is 41.8 Å². The van der Waals surface area contributed by atoms with Gasteiger partial charge in [0.15, 0.2) is 6.10 Å². The molecule has 6 rings (SSSR count). The molecule has 4 aliphatic rings. The maximum Gasteiger partial charge on any atom is 0.329 e. The van der Waals surface area contributed by atoms with E-state index >= 15 is 0 Å². The van der Waals surface area contributed by atoms with Gasteiger partial charge in [-0.3, -0.25) is 9.69 Å². The van der Waals surface area contributed by atoms with E-state index in [1.54, 1.807) is 11.3 Å². The molecule has 4 saturated heterocycles. The molecule has 0 amide bonds. The molecule has 5 heterocycles. The summed E-state index contributed by atoms with van der Waals surface area (Å²) in [6, 6.07) is 13.4. The molecule has 4 aliphatic heterocycles. The maximum absolute atomic E-state index is 13.5. The van der Waals surface area contributed by atoms with Gasteiger partial charge >= 0.3 is 5.97 Å². The molecule has 32 heavy (non-hydrogen) atoms. The average Bonchev–Trinajstić information content (AvgIpc) is 3.35. The fraction of sp³-hybridized carbons (Fsp3) is 0.538. The Morgan fingerprint density at radius 2 is 1.78 bits per heavy atom. The van der Waals surface area contributed by atoms with Gasteiger partial charge in [-0.2, -0.15) is 0 Å². The molecule has 2 bridgehead atoms. The second kappa shape index (κ2) is 9.46. The number of fused-ring (bicyclic) bond motifs is 3. The largest absolute Gasteiger partial charge is 0.455 e. The van der Waals surface area contributed by atoms with E-state index in [9.17, 15) is 9.59 Å². The van der Waals surface area contributed by atoms with Gasteiger partial charge in [-0.25, -0.2) is 4.79 Å². The van der Waals surface area contributed by atoms with Crippen molar-refractivity contribution in [3.05, 3.63) is 58.3 Å². The van der Waals surface area contributed by atoms with Crippen LogP contribution in [0.15, 0.2) is 47.8 Å².